The number of hydrogen-bond acceptors (Lipinski definition) is 29. The summed E-state index contributed by atoms with van der Waals surface area (Å²) in [5.41, 5.74) is -4.43. The van der Waals surface area contributed by atoms with Crippen LogP contribution in [-0.4, -0.2) is 276 Å². The summed E-state index contributed by atoms with van der Waals surface area (Å²) in [7, 11) is 1.31. The minimum atomic E-state index is -2.10. The molecule has 0 aromatic carbocycles. The molecule has 10 rings (SSSR count). The van der Waals surface area contributed by atoms with Gasteiger partial charge in [0.25, 0.3) is 0 Å². The Hall–Kier alpha value is -3.26. The largest absolute Gasteiger partial charge is 0.479 e. The molecule has 5 heterocycles. The molecule has 0 aromatic heterocycles. The molecule has 14 N–H and O–H groups in total. The summed E-state index contributed by atoms with van der Waals surface area (Å²) < 4.78 is 74.2. The van der Waals surface area contributed by atoms with Crippen LogP contribution in [0.15, 0.2) is 11.6 Å². The van der Waals surface area contributed by atoms with Gasteiger partial charge in [0.2, 0.25) is 6.29 Å². The zero-order valence-corrected chi connectivity index (χ0v) is 57.1. The first-order valence-electron chi connectivity index (χ1n) is 34.5. The molecule has 5 aliphatic carbocycles. The van der Waals surface area contributed by atoms with Gasteiger partial charge < -0.3 is 128 Å². The highest BCUT2D eigenvalue weighted by Gasteiger charge is 2.72. The van der Waals surface area contributed by atoms with Crippen molar-refractivity contribution >= 4 is 23.9 Å². The number of fused-ring (bicyclic) bond motifs is 7. The SMILES string of the molecule is CC[C@H](C)C(=O)O[C@@H]1[C@H](O[C@@H]2O[C@H](CO)[C@@H](O)[C@H](O)[C@H]2O)[C@@H](O[C@@H]2O[C@@H](C)[C@H](C)[C@@H](O)[C@H]2O)[C@@H](OC(=O)[C@]23CC[C@](C)(C(=O)OC)C[C@H]2C2=CC[C@@H]4[C@@]5(C)CC[C@H](O[C@@H]6O[C@H](C(=O)O)[C@@H](O)[C@H](O)[C@H]6O[C@@H]6O[C@H](CO)[C@H](O)[C@H](O)[C@H]6O)[C@@](C)(CO)[C@H]5CC[C@@]4(C)[C@]2(C)CC3)O[C@@H]1C. The van der Waals surface area contributed by atoms with Crippen molar-refractivity contribution in [3.05, 3.63) is 11.6 Å². The molecule has 0 unspecified atom stereocenters. The maximum Gasteiger partial charge on any atom is 0.335 e. The Labute approximate surface area is 563 Å². The summed E-state index contributed by atoms with van der Waals surface area (Å²) in [5.74, 6) is -5.95. The normalized spacial score (nSPS) is 51.8. The molecule has 0 spiro atoms. The van der Waals surface area contributed by atoms with E-state index in [0.717, 1.165) is 5.57 Å². The number of esters is 3. The van der Waals surface area contributed by atoms with Crippen LogP contribution < -0.4 is 0 Å². The zero-order chi connectivity index (χ0) is 71.3. The van der Waals surface area contributed by atoms with Crippen LogP contribution in [0.25, 0.3) is 0 Å². The summed E-state index contributed by atoms with van der Waals surface area (Å²) in [5, 5.41) is 153. The van der Waals surface area contributed by atoms with Gasteiger partial charge in [0.1, 0.15) is 79.4 Å². The van der Waals surface area contributed by atoms with Crippen molar-refractivity contribution < 1.29 is 148 Å². The molecular weight excluding hydrogens is 1280 g/mol. The summed E-state index contributed by atoms with van der Waals surface area (Å²) in [6.07, 6.45) is -36.3. The molecule has 97 heavy (non-hydrogen) atoms. The Bertz CT molecular complexity index is 2830. The monoisotopic (exact) mass is 1390 g/mol. The molecule has 9 fully saturated rings. The maximum absolute atomic E-state index is 16.2. The second-order valence-electron chi connectivity index (χ2n) is 30.9. The van der Waals surface area contributed by atoms with E-state index in [0.29, 0.717) is 38.5 Å². The molecule has 0 bridgehead atoms. The minimum absolute atomic E-state index is 0.101. The number of hydrogen-bond donors (Lipinski definition) is 14. The van der Waals surface area contributed by atoms with Gasteiger partial charge in [-0.3, -0.25) is 14.4 Å². The predicted octanol–water partition coefficient (Wildman–Crippen LogP) is -1.07. The Morgan fingerprint density at radius 1 is 0.567 bits per heavy atom. The van der Waals surface area contributed by atoms with Crippen LogP contribution in [0.5, 0.6) is 0 Å². The van der Waals surface area contributed by atoms with Crippen LogP contribution in [0.3, 0.4) is 0 Å². The summed E-state index contributed by atoms with van der Waals surface area (Å²) in [6, 6.07) is 0. The molecule has 30 nitrogen and oxygen atoms in total. The number of carboxylic acid groups (broad SMARTS) is 1. The number of allylic oxidation sites excluding steroid dienone is 2. The predicted molar refractivity (Wildman–Crippen MR) is 327 cm³/mol. The zero-order valence-electron chi connectivity index (χ0n) is 57.1. The van der Waals surface area contributed by atoms with Gasteiger partial charge in [-0.15, -0.1) is 0 Å². The number of carbonyl (C=O) groups is 4. The number of aliphatic hydroxyl groups is 13. The number of aliphatic carboxylic acids is 1. The average molecular weight is 1390 g/mol. The number of carboxylic acids is 1. The molecule has 0 amide bonds. The van der Waals surface area contributed by atoms with Crippen molar-refractivity contribution in [1.82, 2.24) is 0 Å². The van der Waals surface area contributed by atoms with Crippen LogP contribution in [0.1, 0.15) is 140 Å². The van der Waals surface area contributed by atoms with Crippen LogP contribution in [0, 0.1) is 62.1 Å². The minimum Gasteiger partial charge on any atom is -0.479 e. The summed E-state index contributed by atoms with van der Waals surface area (Å²) in [6.45, 7) is 16.5. The molecule has 5 aliphatic heterocycles. The van der Waals surface area contributed by atoms with E-state index in [1.807, 2.05) is 13.8 Å². The van der Waals surface area contributed by atoms with Gasteiger partial charge in [-0.1, -0.05) is 60.1 Å². The Morgan fingerprint density at radius 2 is 1.13 bits per heavy atom. The summed E-state index contributed by atoms with van der Waals surface area (Å²) in [4.78, 5) is 56.7. The number of carbonyl (C=O) groups excluding carboxylic acids is 3. The van der Waals surface area contributed by atoms with Crippen molar-refractivity contribution in [2.45, 2.75) is 293 Å². The number of methoxy groups -OCH3 is 1. The highest BCUT2D eigenvalue weighted by atomic mass is 16.8. The van der Waals surface area contributed by atoms with Crippen LogP contribution in [0.4, 0.5) is 0 Å². The molecule has 554 valence electrons. The third-order valence-electron chi connectivity index (χ3n) is 25.7. The highest BCUT2D eigenvalue weighted by molar-refractivity contribution is 5.81. The molecule has 4 saturated carbocycles. The third-order valence-corrected chi connectivity index (χ3v) is 25.7. The molecular formula is C67H106O30. The highest BCUT2D eigenvalue weighted by Crippen LogP contribution is 2.76. The molecule has 30 heteroatoms. The fourth-order valence-corrected chi connectivity index (χ4v) is 18.8. The first-order valence-corrected chi connectivity index (χ1v) is 34.5. The van der Waals surface area contributed by atoms with Gasteiger partial charge in [0.15, 0.2) is 43.5 Å². The van der Waals surface area contributed by atoms with Gasteiger partial charge >= 0.3 is 23.9 Å². The standard InChI is InChI=1S/C67H106O30/c1-12-27(2)54(83)92-48-30(5)88-59(52(96-55-45(78)38(71)28(3)29(4)87-55)51(48)95-57-47(80)42(75)40(73)34(25-69)90-57)97-61(85)67-21-19-62(6,60(84)86-11)23-32(67)31-13-14-36-63(7)17-16-37(64(8,26-70)35(63)15-18-66(36,10)65(31,9)20-22-67)91-58-50(44(77)43(76)49(93-58)53(81)82)94-56-46(79)41(74)39(72)33(24-68)89-56/h13,27-30,32-52,55-59,68-80H,12,14-26H2,1-11H3,(H,81,82)/t27-,28-,29-,30+,32-,33+,34+,35-,36+,37-,38+,39-,40+,41-,42-,43-,44-,45+,46+,47+,48-,49-,50+,51-,52+,55-,56-,57-,58+,59+,62-,63-,64-,65+,66+,67-/m0/s1. The van der Waals surface area contributed by atoms with E-state index in [4.69, 9.17) is 56.8 Å². The Kier molecular flexibility index (Phi) is 22.6. The molecule has 10 aliphatic rings. The average Bonchev–Trinajstić information content (AvgIpc) is 0.674. The van der Waals surface area contributed by atoms with E-state index < -0.39 is 247 Å². The van der Waals surface area contributed by atoms with E-state index in [-0.39, 0.29) is 43.9 Å². The van der Waals surface area contributed by atoms with Crippen molar-refractivity contribution in [2.24, 2.45) is 62.1 Å². The van der Waals surface area contributed by atoms with Crippen LogP contribution in [-0.2, 0) is 76.0 Å². The fourth-order valence-electron chi connectivity index (χ4n) is 18.8. The quantitative estimate of drug-likeness (QED) is 0.0336. The van der Waals surface area contributed by atoms with Crippen LogP contribution in [0.2, 0.25) is 0 Å². The van der Waals surface area contributed by atoms with E-state index in [1.54, 1.807) is 27.7 Å². The third kappa shape index (κ3) is 13.0. The summed E-state index contributed by atoms with van der Waals surface area (Å²) >= 11 is 0. The first kappa shape index (κ1) is 76.4. The van der Waals surface area contributed by atoms with Crippen molar-refractivity contribution in [2.75, 3.05) is 26.9 Å². The lowest BCUT2D eigenvalue weighted by molar-refractivity contribution is -0.384. The first-order chi connectivity index (χ1) is 45.5. The van der Waals surface area contributed by atoms with Gasteiger partial charge in [0.05, 0.1) is 68.1 Å². The van der Waals surface area contributed by atoms with Gasteiger partial charge in [-0.25, -0.2) is 4.79 Å². The van der Waals surface area contributed by atoms with Gasteiger partial charge in [-0.05, 0) is 125 Å². The lowest BCUT2D eigenvalue weighted by atomic mass is 9.33. The second-order valence-corrected chi connectivity index (χ2v) is 30.9. The Morgan fingerprint density at radius 3 is 1.71 bits per heavy atom. The van der Waals surface area contributed by atoms with E-state index in [2.05, 4.69) is 26.8 Å². The van der Waals surface area contributed by atoms with Crippen molar-refractivity contribution in [1.29, 1.82) is 0 Å². The second kappa shape index (κ2) is 28.8. The molecule has 36 atom stereocenters. The fraction of sp³-hybridized carbons (Fsp3) is 0.910. The van der Waals surface area contributed by atoms with Gasteiger partial charge in [0, 0.05) is 11.3 Å². The van der Waals surface area contributed by atoms with E-state index in [9.17, 15) is 85.9 Å². The molecule has 5 saturated heterocycles. The maximum atomic E-state index is 16.2. The smallest absolute Gasteiger partial charge is 0.335 e. The molecule has 0 radical (unpaired) electrons. The number of aliphatic hydroxyl groups excluding tert-OH is 13. The van der Waals surface area contributed by atoms with Crippen LogP contribution >= 0.6 is 0 Å². The van der Waals surface area contributed by atoms with E-state index >= 15 is 4.79 Å². The Balaban J connectivity index is 0.979. The van der Waals surface area contributed by atoms with Crippen molar-refractivity contribution in [3.8, 4) is 0 Å². The number of ether oxygens (including phenoxy) is 12. The lowest BCUT2D eigenvalue weighted by Crippen LogP contribution is -2.68. The topological polar surface area (TPSA) is 462 Å². The van der Waals surface area contributed by atoms with Crippen molar-refractivity contribution in [3.63, 3.8) is 0 Å². The van der Waals surface area contributed by atoms with Gasteiger partial charge in [-0.2, -0.15) is 0 Å². The number of rotatable bonds is 18. The lowest BCUT2D eigenvalue weighted by Gasteiger charge is -2.71. The molecule has 0 aromatic rings. The van der Waals surface area contributed by atoms with E-state index in [1.165, 1.54) is 14.0 Å².